The molecule has 0 aliphatic carbocycles. The third-order valence-corrected chi connectivity index (χ3v) is 3.79. The minimum atomic E-state index is -0.744. The molecule has 0 aliphatic heterocycles. The number of ketones is 1. The largest absolute Gasteiger partial charge is 0.496 e. The Morgan fingerprint density at radius 1 is 1.37 bits per heavy atom. The molecule has 4 heteroatoms. The van der Waals surface area contributed by atoms with Gasteiger partial charge in [-0.2, -0.15) is 0 Å². The summed E-state index contributed by atoms with van der Waals surface area (Å²) >= 11 is 0. The van der Waals surface area contributed by atoms with Gasteiger partial charge < -0.3 is 9.47 Å². The molecule has 19 heavy (non-hydrogen) atoms. The number of aromatic nitrogens is 1. The maximum Gasteiger partial charge on any atom is 0.170 e. The molecule has 1 unspecified atom stereocenters. The van der Waals surface area contributed by atoms with Crippen LogP contribution >= 0.6 is 0 Å². The first kappa shape index (κ1) is 15.6. The number of ether oxygens (including phenoxy) is 2. The number of aryl methyl sites for hydroxylation is 1. The Kier molecular flexibility index (Phi) is 5.06. The summed E-state index contributed by atoms with van der Waals surface area (Å²) < 4.78 is 10.7. The van der Waals surface area contributed by atoms with E-state index in [0.29, 0.717) is 6.42 Å². The van der Waals surface area contributed by atoms with Gasteiger partial charge in [-0.15, -0.1) is 0 Å². The van der Waals surface area contributed by atoms with E-state index >= 15 is 0 Å². The number of rotatable bonds is 6. The molecule has 0 saturated heterocycles. The highest BCUT2D eigenvalue weighted by atomic mass is 16.5. The number of methoxy groups -OCH3 is 2. The Hall–Kier alpha value is -1.42. The Morgan fingerprint density at radius 2 is 2.00 bits per heavy atom. The molecule has 0 fully saturated rings. The third kappa shape index (κ3) is 3.13. The van der Waals surface area contributed by atoms with Crippen molar-refractivity contribution in [3.8, 4) is 5.75 Å². The van der Waals surface area contributed by atoms with Crippen molar-refractivity contribution in [2.45, 2.75) is 46.1 Å². The van der Waals surface area contributed by atoms with Gasteiger partial charge in [-0.05, 0) is 27.2 Å². The van der Waals surface area contributed by atoms with Crippen molar-refractivity contribution in [2.24, 2.45) is 0 Å². The van der Waals surface area contributed by atoms with E-state index in [0.717, 1.165) is 22.6 Å². The van der Waals surface area contributed by atoms with Crippen LogP contribution in [0.2, 0.25) is 0 Å². The highest BCUT2D eigenvalue weighted by Crippen LogP contribution is 2.26. The molecular formula is C15H23NO3. The van der Waals surface area contributed by atoms with Gasteiger partial charge in [0.2, 0.25) is 0 Å². The average Bonchev–Trinajstić information content (AvgIpc) is 2.41. The van der Waals surface area contributed by atoms with E-state index in [-0.39, 0.29) is 12.2 Å². The molecule has 0 spiro atoms. The van der Waals surface area contributed by atoms with Gasteiger partial charge in [0.25, 0.3) is 0 Å². The van der Waals surface area contributed by atoms with Gasteiger partial charge >= 0.3 is 0 Å². The van der Waals surface area contributed by atoms with Gasteiger partial charge in [-0.1, -0.05) is 6.92 Å². The molecule has 106 valence electrons. The molecule has 1 aromatic rings. The maximum atomic E-state index is 12.3. The molecule has 0 bridgehead atoms. The van der Waals surface area contributed by atoms with Crippen LogP contribution in [0, 0.1) is 13.8 Å². The summed E-state index contributed by atoms with van der Waals surface area (Å²) in [6.45, 7) is 7.63. The van der Waals surface area contributed by atoms with Crippen molar-refractivity contribution in [1.82, 2.24) is 4.98 Å². The van der Waals surface area contributed by atoms with Crippen molar-refractivity contribution in [3.63, 3.8) is 0 Å². The van der Waals surface area contributed by atoms with Crippen molar-refractivity contribution in [2.75, 3.05) is 14.2 Å². The van der Waals surface area contributed by atoms with E-state index in [1.54, 1.807) is 20.4 Å². The molecular weight excluding hydrogens is 242 g/mol. The lowest BCUT2D eigenvalue weighted by molar-refractivity contribution is -0.138. The fourth-order valence-corrected chi connectivity index (χ4v) is 2.04. The lowest BCUT2D eigenvalue weighted by Crippen LogP contribution is -2.38. The predicted molar refractivity (Wildman–Crippen MR) is 74.7 cm³/mol. The summed E-state index contributed by atoms with van der Waals surface area (Å²) in [5.41, 5.74) is 1.91. The summed E-state index contributed by atoms with van der Waals surface area (Å²) in [6.07, 6.45) is 2.65. The molecule has 1 heterocycles. The first-order valence-electron chi connectivity index (χ1n) is 6.47. The second kappa shape index (κ2) is 6.15. The van der Waals surface area contributed by atoms with Crippen LogP contribution in [-0.2, 0) is 16.0 Å². The summed E-state index contributed by atoms with van der Waals surface area (Å²) in [7, 11) is 3.20. The fourth-order valence-electron chi connectivity index (χ4n) is 2.04. The van der Waals surface area contributed by atoms with Crippen LogP contribution in [-0.4, -0.2) is 30.6 Å². The normalized spacial score (nSPS) is 14.0. The van der Waals surface area contributed by atoms with Crippen LogP contribution in [0.1, 0.15) is 37.1 Å². The van der Waals surface area contributed by atoms with E-state index in [9.17, 15) is 4.79 Å². The van der Waals surface area contributed by atoms with E-state index < -0.39 is 5.60 Å². The molecule has 0 aromatic carbocycles. The van der Waals surface area contributed by atoms with Gasteiger partial charge in [0.05, 0.1) is 19.2 Å². The monoisotopic (exact) mass is 265 g/mol. The van der Waals surface area contributed by atoms with Crippen LogP contribution in [0.25, 0.3) is 0 Å². The van der Waals surface area contributed by atoms with Crippen LogP contribution in [0.3, 0.4) is 0 Å². The number of hydrogen-bond acceptors (Lipinski definition) is 4. The smallest absolute Gasteiger partial charge is 0.170 e. The van der Waals surface area contributed by atoms with Crippen molar-refractivity contribution >= 4 is 5.78 Å². The van der Waals surface area contributed by atoms with E-state index in [4.69, 9.17) is 9.47 Å². The van der Waals surface area contributed by atoms with Crippen molar-refractivity contribution in [3.05, 3.63) is 23.0 Å². The minimum Gasteiger partial charge on any atom is -0.496 e. The molecule has 4 nitrogen and oxygen atoms in total. The Labute approximate surface area is 115 Å². The Bertz CT molecular complexity index is 465. The Morgan fingerprint density at radius 3 is 2.47 bits per heavy atom. The van der Waals surface area contributed by atoms with Gasteiger partial charge in [0, 0.05) is 24.4 Å². The molecule has 1 rings (SSSR count). The number of Topliss-reactive ketones (excluding diaryl/α,β-unsaturated/α-hetero) is 1. The quantitative estimate of drug-likeness (QED) is 0.793. The minimum absolute atomic E-state index is 0.0407. The summed E-state index contributed by atoms with van der Waals surface area (Å²) in [5, 5.41) is 0. The lowest BCUT2D eigenvalue weighted by atomic mass is 9.92. The number of carbonyl (C=O) groups is 1. The molecule has 0 N–H and O–H groups in total. The third-order valence-electron chi connectivity index (χ3n) is 3.79. The summed E-state index contributed by atoms with van der Waals surface area (Å²) in [4.78, 5) is 16.7. The van der Waals surface area contributed by atoms with E-state index in [2.05, 4.69) is 4.98 Å². The maximum absolute atomic E-state index is 12.3. The highest BCUT2D eigenvalue weighted by Gasteiger charge is 2.31. The number of pyridine rings is 1. The molecule has 0 aliphatic rings. The van der Waals surface area contributed by atoms with Crippen LogP contribution in [0.5, 0.6) is 5.75 Å². The van der Waals surface area contributed by atoms with E-state index in [1.807, 2.05) is 27.7 Å². The van der Waals surface area contributed by atoms with E-state index in [1.165, 1.54) is 0 Å². The fraction of sp³-hybridized carbons (Fsp3) is 0.600. The van der Waals surface area contributed by atoms with Crippen LogP contribution < -0.4 is 4.74 Å². The zero-order chi connectivity index (χ0) is 14.6. The zero-order valence-electron chi connectivity index (χ0n) is 12.7. The molecule has 1 atom stereocenters. The second-order valence-corrected chi connectivity index (χ2v) is 4.93. The lowest BCUT2D eigenvalue weighted by Gasteiger charge is -2.25. The zero-order valence-corrected chi connectivity index (χ0v) is 12.7. The topological polar surface area (TPSA) is 48.4 Å². The first-order chi connectivity index (χ1) is 8.89. The SMILES string of the molecule is CCC(C)(OC)C(=O)Cc1ncc(C)c(OC)c1C. The second-order valence-electron chi connectivity index (χ2n) is 4.93. The van der Waals surface area contributed by atoms with Crippen LogP contribution in [0.4, 0.5) is 0 Å². The number of hydrogen-bond donors (Lipinski definition) is 0. The summed E-state index contributed by atoms with van der Waals surface area (Å²) in [6, 6.07) is 0. The van der Waals surface area contributed by atoms with Crippen molar-refractivity contribution < 1.29 is 14.3 Å². The van der Waals surface area contributed by atoms with Gasteiger partial charge in [0.15, 0.2) is 5.78 Å². The predicted octanol–water partition coefficient (Wildman–Crippen LogP) is 2.63. The molecule has 0 amide bonds. The molecule has 0 saturated carbocycles. The van der Waals surface area contributed by atoms with Gasteiger partial charge in [-0.25, -0.2) is 0 Å². The number of nitrogens with zero attached hydrogens (tertiary/aromatic N) is 1. The van der Waals surface area contributed by atoms with Crippen molar-refractivity contribution in [1.29, 1.82) is 0 Å². The standard InChI is InChI=1S/C15H23NO3/c1-7-15(4,19-6)13(17)8-12-11(3)14(18-5)10(2)9-16-12/h9H,7-8H2,1-6H3. The van der Waals surface area contributed by atoms with Gasteiger partial charge in [-0.3, -0.25) is 9.78 Å². The highest BCUT2D eigenvalue weighted by molar-refractivity contribution is 5.88. The Balaban J connectivity index is 3.04. The van der Waals surface area contributed by atoms with Crippen LogP contribution in [0.15, 0.2) is 6.20 Å². The molecule has 1 aromatic heterocycles. The average molecular weight is 265 g/mol. The summed E-state index contributed by atoms with van der Waals surface area (Å²) in [5.74, 6) is 0.840. The molecule has 0 radical (unpaired) electrons. The number of carbonyl (C=O) groups excluding carboxylic acids is 1. The first-order valence-corrected chi connectivity index (χ1v) is 6.47. The van der Waals surface area contributed by atoms with Gasteiger partial charge in [0.1, 0.15) is 11.4 Å².